The highest BCUT2D eigenvalue weighted by molar-refractivity contribution is 7.89. The van der Waals surface area contributed by atoms with Crippen molar-refractivity contribution in [1.82, 2.24) is 9.62 Å². The van der Waals surface area contributed by atoms with Gasteiger partial charge in [0, 0.05) is 18.3 Å². The maximum Gasteiger partial charge on any atom is 0.241 e. The fraction of sp³-hybridized carbons (Fsp3) is 0.538. The van der Waals surface area contributed by atoms with E-state index >= 15 is 0 Å². The Hall–Kier alpha value is -1.15. The average Bonchev–Trinajstić information content (AvgIpc) is 2.72. The molecule has 1 aliphatic rings. The van der Waals surface area contributed by atoms with Crippen LogP contribution in [0.4, 0.5) is 5.69 Å². The van der Waals surface area contributed by atoms with Crippen molar-refractivity contribution in [1.29, 1.82) is 0 Å². The van der Waals surface area contributed by atoms with Crippen molar-refractivity contribution in [2.24, 2.45) is 5.84 Å². The molecule has 1 unspecified atom stereocenters. The molecule has 0 aromatic heterocycles. The molecule has 20 heavy (non-hydrogen) atoms. The molecule has 1 fully saturated rings. The number of aryl methyl sites for hydroxylation is 2. The molecule has 6 nitrogen and oxygen atoms in total. The van der Waals surface area contributed by atoms with Gasteiger partial charge in [-0.25, -0.2) is 13.1 Å². The number of sulfonamides is 1. The van der Waals surface area contributed by atoms with Gasteiger partial charge in [0.25, 0.3) is 0 Å². The van der Waals surface area contributed by atoms with Crippen molar-refractivity contribution >= 4 is 15.7 Å². The summed E-state index contributed by atoms with van der Waals surface area (Å²) in [5.41, 5.74) is 4.64. The summed E-state index contributed by atoms with van der Waals surface area (Å²) in [6, 6.07) is 3.46. The smallest absolute Gasteiger partial charge is 0.241 e. The lowest BCUT2D eigenvalue weighted by Crippen LogP contribution is -2.37. The number of hydrogen-bond donors (Lipinski definition) is 3. The number of benzene rings is 1. The molecule has 2 rings (SSSR count). The average molecular weight is 298 g/mol. The monoisotopic (exact) mass is 298 g/mol. The maximum atomic E-state index is 12.6. The zero-order valence-electron chi connectivity index (χ0n) is 12.1. The molecule has 0 amide bonds. The Morgan fingerprint density at radius 1 is 1.30 bits per heavy atom. The molecule has 0 radical (unpaired) electrons. The maximum absolute atomic E-state index is 12.6. The van der Waals surface area contributed by atoms with Crippen molar-refractivity contribution in [2.75, 3.05) is 25.6 Å². The summed E-state index contributed by atoms with van der Waals surface area (Å²) in [6.07, 6.45) is 0.844. The van der Waals surface area contributed by atoms with Crippen molar-refractivity contribution in [3.05, 3.63) is 23.3 Å². The van der Waals surface area contributed by atoms with Crippen LogP contribution in [0, 0.1) is 13.8 Å². The Morgan fingerprint density at radius 2 is 1.90 bits per heavy atom. The van der Waals surface area contributed by atoms with Crippen molar-refractivity contribution in [2.45, 2.75) is 31.2 Å². The topological polar surface area (TPSA) is 87.5 Å². The Balaban J connectivity index is 2.30. The standard InChI is InChI=1S/C13H22N4O2S/c1-9-6-12(15-14)7-10(2)13(9)20(18,19)16-11-4-5-17(3)8-11/h6-7,11,15-16H,4-5,8,14H2,1-3H3. The number of nitrogens with one attached hydrogen (secondary N) is 2. The summed E-state index contributed by atoms with van der Waals surface area (Å²) in [7, 11) is -1.51. The molecule has 1 heterocycles. The van der Waals surface area contributed by atoms with E-state index < -0.39 is 10.0 Å². The van der Waals surface area contributed by atoms with Crippen LogP contribution in [0.2, 0.25) is 0 Å². The number of likely N-dealkylation sites (tertiary alicyclic amines) is 1. The first-order chi connectivity index (χ1) is 9.33. The third-order valence-electron chi connectivity index (χ3n) is 3.61. The summed E-state index contributed by atoms with van der Waals surface area (Å²) >= 11 is 0. The van der Waals surface area contributed by atoms with Crippen molar-refractivity contribution in [3.63, 3.8) is 0 Å². The van der Waals surface area contributed by atoms with Gasteiger partial charge < -0.3 is 10.3 Å². The van der Waals surface area contributed by atoms with E-state index in [0.717, 1.165) is 19.5 Å². The summed E-state index contributed by atoms with van der Waals surface area (Å²) in [6.45, 7) is 5.23. The number of nitrogens with zero attached hydrogens (tertiary/aromatic N) is 1. The highest BCUT2D eigenvalue weighted by atomic mass is 32.2. The normalized spacial score (nSPS) is 20.3. The number of nitrogen functional groups attached to an aromatic ring is 1. The van der Waals surface area contributed by atoms with E-state index in [1.54, 1.807) is 26.0 Å². The summed E-state index contributed by atoms with van der Waals surface area (Å²) in [4.78, 5) is 2.47. The second-order valence-corrected chi connectivity index (χ2v) is 7.10. The first kappa shape index (κ1) is 15.2. The van der Waals surface area contributed by atoms with Gasteiger partial charge in [0.2, 0.25) is 10.0 Å². The van der Waals surface area contributed by atoms with Crippen molar-refractivity contribution < 1.29 is 8.42 Å². The summed E-state index contributed by atoms with van der Waals surface area (Å²) in [5.74, 6) is 5.37. The van der Waals surface area contributed by atoms with E-state index in [2.05, 4.69) is 15.0 Å². The van der Waals surface area contributed by atoms with Crippen LogP contribution in [0.1, 0.15) is 17.5 Å². The number of rotatable bonds is 4. The number of likely N-dealkylation sites (N-methyl/N-ethyl adjacent to an activating group) is 1. The molecule has 0 spiro atoms. The Kier molecular flexibility index (Phi) is 4.33. The Morgan fingerprint density at radius 3 is 2.35 bits per heavy atom. The number of hydrazine groups is 1. The molecule has 1 aromatic rings. The molecule has 1 aromatic carbocycles. The first-order valence-electron chi connectivity index (χ1n) is 6.62. The highest BCUT2D eigenvalue weighted by Crippen LogP contribution is 2.24. The van der Waals surface area contributed by atoms with Crippen LogP contribution in [-0.4, -0.2) is 39.5 Å². The molecular formula is C13H22N4O2S. The van der Waals surface area contributed by atoms with Gasteiger partial charge in [0.15, 0.2) is 0 Å². The van der Waals surface area contributed by atoms with Gasteiger partial charge in [-0.3, -0.25) is 5.84 Å². The zero-order valence-corrected chi connectivity index (χ0v) is 12.9. The first-order valence-corrected chi connectivity index (χ1v) is 8.10. The van der Waals surface area contributed by atoms with E-state index in [9.17, 15) is 8.42 Å². The minimum absolute atomic E-state index is 0.0175. The van der Waals surface area contributed by atoms with Crippen LogP contribution in [0.3, 0.4) is 0 Å². The van der Waals surface area contributed by atoms with Gasteiger partial charge in [-0.15, -0.1) is 0 Å². The highest BCUT2D eigenvalue weighted by Gasteiger charge is 2.27. The fourth-order valence-corrected chi connectivity index (χ4v) is 4.48. The van der Waals surface area contributed by atoms with E-state index in [4.69, 9.17) is 5.84 Å². The molecule has 112 valence electrons. The fourth-order valence-electron chi connectivity index (χ4n) is 2.77. The molecule has 1 aliphatic heterocycles. The van der Waals surface area contributed by atoms with Gasteiger partial charge in [-0.2, -0.15) is 0 Å². The largest absolute Gasteiger partial charge is 0.324 e. The molecule has 1 atom stereocenters. The second-order valence-electron chi connectivity index (χ2n) is 5.45. The summed E-state index contributed by atoms with van der Waals surface area (Å²) in [5, 5.41) is 0. The van der Waals surface area contributed by atoms with E-state index in [-0.39, 0.29) is 6.04 Å². The number of anilines is 1. The second kappa shape index (κ2) is 5.69. The molecule has 0 saturated carbocycles. The van der Waals surface area contributed by atoms with E-state index in [0.29, 0.717) is 21.7 Å². The van der Waals surface area contributed by atoms with Crippen LogP contribution in [-0.2, 0) is 10.0 Å². The minimum atomic E-state index is -3.50. The Bertz CT molecular complexity index is 577. The van der Waals surface area contributed by atoms with Crippen molar-refractivity contribution in [3.8, 4) is 0 Å². The van der Waals surface area contributed by atoms with Crippen LogP contribution >= 0.6 is 0 Å². The molecule has 4 N–H and O–H groups in total. The van der Waals surface area contributed by atoms with Gasteiger partial charge in [0.05, 0.1) is 4.90 Å². The van der Waals surface area contributed by atoms with Gasteiger partial charge in [-0.05, 0) is 57.1 Å². The Labute approximate surface area is 120 Å². The minimum Gasteiger partial charge on any atom is -0.324 e. The molecule has 0 bridgehead atoms. The van der Waals surface area contributed by atoms with Crippen LogP contribution in [0.5, 0.6) is 0 Å². The van der Waals surface area contributed by atoms with E-state index in [1.165, 1.54) is 0 Å². The third kappa shape index (κ3) is 3.12. The quantitative estimate of drug-likeness (QED) is 0.559. The van der Waals surface area contributed by atoms with Gasteiger partial charge in [-0.1, -0.05) is 0 Å². The molecule has 7 heteroatoms. The lowest BCUT2D eigenvalue weighted by atomic mass is 10.1. The lowest BCUT2D eigenvalue weighted by molar-refractivity contribution is 0.407. The lowest BCUT2D eigenvalue weighted by Gasteiger charge is -2.17. The van der Waals surface area contributed by atoms with Crippen LogP contribution in [0.25, 0.3) is 0 Å². The molecular weight excluding hydrogens is 276 g/mol. The zero-order chi connectivity index (χ0) is 14.9. The van der Waals surface area contributed by atoms with Crippen LogP contribution in [0.15, 0.2) is 17.0 Å². The third-order valence-corrected chi connectivity index (χ3v) is 5.43. The number of hydrogen-bond acceptors (Lipinski definition) is 5. The predicted molar refractivity (Wildman–Crippen MR) is 79.9 cm³/mol. The van der Waals surface area contributed by atoms with Crippen LogP contribution < -0.4 is 16.0 Å². The number of nitrogens with two attached hydrogens (primary N) is 1. The van der Waals surface area contributed by atoms with Gasteiger partial charge in [0.1, 0.15) is 0 Å². The SMILES string of the molecule is Cc1cc(NN)cc(C)c1S(=O)(=O)NC1CCN(C)C1. The molecule has 0 aliphatic carbocycles. The molecule has 1 saturated heterocycles. The van der Waals surface area contributed by atoms with Gasteiger partial charge >= 0.3 is 0 Å². The summed E-state index contributed by atoms with van der Waals surface area (Å²) < 4.78 is 27.9. The van der Waals surface area contributed by atoms with E-state index in [1.807, 2.05) is 7.05 Å². The predicted octanol–water partition coefficient (Wildman–Crippen LogP) is 0.571.